The first kappa shape index (κ1) is 21.2. The second-order valence-corrected chi connectivity index (χ2v) is 8.93. The molecule has 2 aliphatic rings. The van der Waals surface area contributed by atoms with Crippen LogP contribution in [-0.2, 0) is 23.2 Å². The second kappa shape index (κ2) is 8.58. The number of hydrogen-bond donors (Lipinski definition) is 1. The van der Waals surface area contributed by atoms with Crippen LogP contribution in [0.15, 0.2) is 42.5 Å². The number of methoxy groups -OCH3 is 1. The fourth-order valence-electron chi connectivity index (χ4n) is 5.01. The third-order valence-corrected chi connectivity index (χ3v) is 7.10. The molecular formula is C24H30ClN3O2. The topological polar surface area (TPSA) is 58.8 Å². The van der Waals surface area contributed by atoms with Crippen molar-refractivity contribution in [3.63, 3.8) is 0 Å². The van der Waals surface area contributed by atoms with Gasteiger partial charge in [-0.1, -0.05) is 29.8 Å². The lowest BCUT2D eigenvalue weighted by atomic mass is 9.74. The molecule has 6 heteroatoms. The van der Waals surface area contributed by atoms with Gasteiger partial charge in [0.15, 0.2) is 0 Å². The van der Waals surface area contributed by atoms with Crippen LogP contribution in [-0.4, -0.2) is 55.5 Å². The van der Waals surface area contributed by atoms with Crippen LogP contribution in [0, 0.1) is 0 Å². The summed E-state index contributed by atoms with van der Waals surface area (Å²) in [7, 11) is 3.92. The van der Waals surface area contributed by atoms with Crippen LogP contribution in [0.2, 0.25) is 5.02 Å². The predicted octanol–water partition coefficient (Wildman–Crippen LogP) is 3.22. The van der Waals surface area contributed by atoms with Crippen molar-refractivity contribution in [2.75, 3.05) is 33.8 Å². The summed E-state index contributed by atoms with van der Waals surface area (Å²) in [6.45, 7) is 2.47. The van der Waals surface area contributed by atoms with Gasteiger partial charge in [0.1, 0.15) is 5.75 Å². The fraction of sp³-hybridized carbons (Fsp3) is 0.458. The zero-order valence-corrected chi connectivity index (χ0v) is 18.5. The number of nitrogens with two attached hydrogens (primary N) is 1. The molecule has 4 rings (SSSR count). The minimum Gasteiger partial charge on any atom is -0.497 e. The van der Waals surface area contributed by atoms with Crippen LogP contribution >= 0.6 is 11.6 Å². The molecule has 1 spiro atoms. The Balaban J connectivity index is 1.45. The SMILES string of the molecule is COc1ccc2c(c1)CCN(C)C21CCN(C(=O)C(N)Cc2ccc(Cl)cc2)CC1. The van der Waals surface area contributed by atoms with Crippen molar-refractivity contribution in [1.29, 1.82) is 0 Å². The molecular weight excluding hydrogens is 398 g/mol. The average molecular weight is 428 g/mol. The molecule has 0 radical (unpaired) electrons. The number of benzene rings is 2. The van der Waals surface area contributed by atoms with Crippen molar-refractivity contribution in [3.05, 3.63) is 64.2 Å². The largest absolute Gasteiger partial charge is 0.497 e. The first-order valence-electron chi connectivity index (χ1n) is 10.6. The molecule has 1 atom stereocenters. The molecule has 0 aliphatic carbocycles. The first-order chi connectivity index (χ1) is 14.4. The van der Waals surface area contributed by atoms with Crippen molar-refractivity contribution in [1.82, 2.24) is 9.80 Å². The number of fused-ring (bicyclic) bond motifs is 2. The van der Waals surface area contributed by atoms with E-state index in [4.69, 9.17) is 22.1 Å². The summed E-state index contributed by atoms with van der Waals surface area (Å²) in [5.74, 6) is 0.947. The summed E-state index contributed by atoms with van der Waals surface area (Å²) in [5, 5.41) is 0.689. The third kappa shape index (κ3) is 3.94. The molecule has 160 valence electrons. The second-order valence-electron chi connectivity index (χ2n) is 8.49. The summed E-state index contributed by atoms with van der Waals surface area (Å²) >= 11 is 5.95. The molecule has 0 aromatic heterocycles. The lowest BCUT2D eigenvalue weighted by molar-refractivity contribution is -0.135. The molecule has 1 unspecified atom stereocenters. The van der Waals surface area contributed by atoms with Gasteiger partial charge in [-0.05, 0) is 73.7 Å². The van der Waals surface area contributed by atoms with Gasteiger partial charge in [-0.3, -0.25) is 9.69 Å². The van der Waals surface area contributed by atoms with Crippen LogP contribution in [0.5, 0.6) is 5.75 Å². The molecule has 2 aromatic rings. The van der Waals surface area contributed by atoms with Gasteiger partial charge in [-0.15, -0.1) is 0 Å². The average Bonchev–Trinajstić information content (AvgIpc) is 2.77. The molecule has 1 fully saturated rings. The normalized spacial score (nSPS) is 19.4. The van der Waals surface area contributed by atoms with Crippen molar-refractivity contribution in [2.24, 2.45) is 5.73 Å². The summed E-state index contributed by atoms with van der Waals surface area (Å²) in [6, 6.07) is 13.5. The highest BCUT2D eigenvalue weighted by molar-refractivity contribution is 6.30. The van der Waals surface area contributed by atoms with Gasteiger partial charge in [0.05, 0.1) is 13.2 Å². The number of hydrogen-bond acceptors (Lipinski definition) is 4. The number of rotatable bonds is 4. The number of likely N-dealkylation sites (tertiary alicyclic amines) is 1. The molecule has 2 aliphatic heterocycles. The Kier molecular flexibility index (Phi) is 6.05. The highest BCUT2D eigenvalue weighted by Gasteiger charge is 2.44. The van der Waals surface area contributed by atoms with E-state index in [9.17, 15) is 4.79 Å². The molecule has 1 saturated heterocycles. The van der Waals surface area contributed by atoms with E-state index in [1.165, 1.54) is 11.1 Å². The molecule has 30 heavy (non-hydrogen) atoms. The zero-order chi connectivity index (χ0) is 21.3. The number of likely N-dealkylation sites (N-methyl/N-ethyl adjacent to an activating group) is 1. The van der Waals surface area contributed by atoms with Gasteiger partial charge in [-0.25, -0.2) is 0 Å². The summed E-state index contributed by atoms with van der Waals surface area (Å²) in [5.41, 5.74) is 10.0. The van der Waals surface area contributed by atoms with Crippen LogP contribution in [0.25, 0.3) is 0 Å². The number of nitrogens with zero attached hydrogens (tertiary/aromatic N) is 2. The Morgan fingerprint density at radius 1 is 1.17 bits per heavy atom. The van der Waals surface area contributed by atoms with Gasteiger partial charge in [0, 0.05) is 30.2 Å². The maximum atomic E-state index is 13.0. The zero-order valence-electron chi connectivity index (χ0n) is 17.7. The lowest BCUT2D eigenvalue weighted by Gasteiger charge is -2.51. The van der Waals surface area contributed by atoms with Crippen LogP contribution in [0.1, 0.15) is 29.5 Å². The molecule has 2 aromatic carbocycles. The van der Waals surface area contributed by atoms with Crippen LogP contribution in [0.4, 0.5) is 0 Å². The van der Waals surface area contributed by atoms with Gasteiger partial charge in [-0.2, -0.15) is 0 Å². The molecule has 0 bridgehead atoms. The van der Waals surface area contributed by atoms with Gasteiger partial charge < -0.3 is 15.4 Å². The van der Waals surface area contributed by atoms with Crippen molar-refractivity contribution in [2.45, 2.75) is 37.3 Å². The molecule has 2 heterocycles. The van der Waals surface area contributed by atoms with Crippen molar-refractivity contribution >= 4 is 17.5 Å². The minimum atomic E-state index is -0.527. The minimum absolute atomic E-state index is 0.0170. The van der Waals surface area contributed by atoms with Gasteiger partial charge in [0.2, 0.25) is 5.91 Å². The maximum Gasteiger partial charge on any atom is 0.239 e. The number of amides is 1. The van der Waals surface area contributed by atoms with E-state index < -0.39 is 6.04 Å². The smallest absolute Gasteiger partial charge is 0.239 e. The van der Waals surface area contributed by atoms with Crippen LogP contribution in [0.3, 0.4) is 0 Å². The maximum absolute atomic E-state index is 13.0. The molecule has 2 N–H and O–H groups in total. The van der Waals surface area contributed by atoms with Gasteiger partial charge >= 0.3 is 0 Å². The Morgan fingerprint density at radius 3 is 2.53 bits per heavy atom. The lowest BCUT2D eigenvalue weighted by Crippen LogP contribution is -2.57. The predicted molar refractivity (Wildman–Crippen MR) is 120 cm³/mol. The third-order valence-electron chi connectivity index (χ3n) is 6.85. The summed E-state index contributed by atoms with van der Waals surface area (Å²) in [4.78, 5) is 17.4. The quantitative estimate of drug-likeness (QED) is 0.813. The number of piperidine rings is 1. The van der Waals surface area contributed by atoms with Gasteiger partial charge in [0.25, 0.3) is 0 Å². The van der Waals surface area contributed by atoms with Crippen LogP contribution < -0.4 is 10.5 Å². The number of halogens is 1. The Bertz CT molecular complexity index is 907. The van der Waals surface area contributed by atoms with Crippen molar-refractivity contribution < 1.29 is 9.53 Å². The van der Waals surface area contributed by atoms with E-state index in [1.807, 2.05) is 29.2 Å². The number of carbonyl (C=O) groups is 1. The summed E-state index contributed by atoms with van der Waals surface area (Å²) in [6.07, 6.45) is 3.39. The standard InChI is InChI=1S/C24H30ClN3O2/c1-27-12-9-18-16-20(30-2)7-8-21(18)24(27)10-13-28(14-11-24)23(29)22(26)15-17-3-5-19(25)6-4-17/h3-8,16,22H,9-15,26H2,1-2H3. The Hall–Kier alpha value is -2.08. The fourth-order valence-corrected chi connectivity index (χ4v) is 5.14. The molecule has 5 nitrogen and oxygen atoms in total. The Labute approximate surface area is 183 Å². The monoisotopic (exact) mass is 427 g/mol. The van der Waals surface area contributed by atoms with E-state index in [-0.39, 0.29) is 11.4 Å². The van der Waals surface area contributed by atoms with E-state index in [0.29, 0.717) is 11.4 Å². The van der Waals surface area contributed by atoms with Crippen molar-refractivity contribution in [3.8, 4) is 5.75 Å². The van der Waals surface area contributed by atoms with E-state index in [2.05, 4.69) is 30.1 Å². The summed E-state index contributed by atoms with van der Waals surface area (Å²) < 4.78 is 5.43. The highest BCUT2D eigenvalue weighted by atomic mass is 35.5. The van der Waals surface area contributed by atoms with E-state index >= 15 is 0 Å². The number of carbonyl (C=O) groups excluding carboxylic acids is 1. The number of ether oxygens (including phenoxy) is 1. The van der Waals surface area contributed by atoms with E-state index in [1.54, 1.807) is 7.11 Å². The Morgan fingerprint density at radius 2 is 1.87 bits per heavy atom. The molecule has 1 amide bonds. The van der Waals surface area contributed by atoms with E-state index in [0.717, 1.165) is 50.2 Å². The highest BCUT2D eigenvalue weighted by Crippen LogP contribution is 2.43. The first-order valence-corrected chi connectivity index (χ1v) is 11.0. The molecule has 0 saturated carbocycles.